The molecule has 1 aliphatic heterocycles. The predicted octanol–water partition coefficient (Wildman–Crippen LogP) is 3.04. The molecule has 1 saturated carbocycles. The number of nitrogens with one attached hydrogen (secondary N) is 2. The van der Waals surface area contributed by atoms with Crippen molar-refractivity contribution in [3.63, 3.8) is 0 Å². The third kappa shape index (κ3) is 8.00. The fraction of sp³-hybridized carbons (Fsp3) is 0.727. The first-order chi connectivity index (χ1) is 14.2. The van der Waals surface area contributed by atoms with Crippen molar-refractivity contribution in [2.24, 2.45) is 16.8 Å². The molecule has 2 heterocycles. The van der Waals surface area contributed by atoms with Crippen LogP contribution in [0, 0.1) is 11.8 Å². The van der Waals surface area contributed by atoms with E-state index in [2.05, 4.69) is 51.8 Å². The Kier molecular flexibility index (Phi) is 11.4. The molecule has 1 aromatic rings. The Bertz CT molecular complexity index is 642. The van der Waals surface area contributed by atoms with Gasteiger partial charge in [-0.05, 0) is 43.6 Å². The Morgan fingerprint density at radius 1 is 1.27 bits per heavy atom. The molecule has 1 amide bonds. The van der Waals surface area contributed by atoms with E-state index in [1.807, 2.05) is 11.3 Å². The van der Waals surface area contributed by atoms with Gasteiger partial charge >= 0.3 is 0 Å². The second-order valence-electron chi connectivity index (χ2n) is 8.33. The maximum atomic E-state index is 12.4. The number of nitrogens with zero attached hydrogens (tertiary/aromatic N) is 3. The quantitative estimate of drug-likeness (QED) is 0.284. The molecule has 0 bridgehead atoms. The molecule has 8 heteroatoms. The molecule has 0 spiro atoms. The van der Waals surface area contributed by atoms with Crippen LogP contribution in [0.2, 0.25) is 0 Å². The van der Waals surface area contributed by atoms with Crippen LogP contribution in [0.25, 0.3) is 0 Å². The summed E-state index contributed by atoms with van der Waals surface area (Å²) in [5.41, 5.74) is 0. The van der Waals surface area contributed by atoms with Crippen molar-refractivity contribution in [3.8, 4) is 0 Å². The third-order valence-corrected chi connectivity index (χ3v) is 6.79. The van der Waals surface area contributed by atoms with Gasteiger partial charge in [0.15, 0.2) is 5.96 Å². The first-order valence-electron chi connectivity index (χ1n) is 11.2. The van der Waals surface area contributed by atoms with Gasteiger partial charge < -0.3 is 15.5 Å². The van der Waals surface area contributed by atoms with Gasteiger partial charge in [-0.25, -0.2) is 0 Å². The summed E-state index contributed by atoms with van der Waals surface area (Å²) in [5, 5.41) is 8.96. The standard InChI is InChI=1S/C22H37N5OS.HI/c1-3-23-22(25-17-18(2)16-20-8-5-15-29-20)24-9-10-26-11-13-27(14-12-26)21(28)19-6-4-7-19;/h5,8,15,18-19H,3-4,6-7,9-14,16-17H2,1-2H3,(H2,23,24,25);1H. The number of hydrogen-bond donors (Lipinski definition) is 2. The highest BCUT2D eigenvalue weighted by molar-refractivity contribution is 14.0. The largest absolute Gasteiger partial charge is 0.357 e. The highest BCUT2D eigenvalue weighted by Gasteiger charge is 2.30. The van der Waals surface area contributed by atoms with E-state index < -0.39 is 0 Å². The van der Waals surface area contributed by atoms with Crippen LogP contribution in [0.15, 0.2) is 22.5 Å². The van der Waals surface area contributed by atoms with Crippen LogP contribution in [0.5, 0.6) is 0 Å². The highest BCUT2D eigenvalue weighted by atomic mass is 127. The lowest BCUT2D eigenvalue weighted by Gasteiger charge is -2.38. The molecule has 6 nitrogen and oxygen atoms in total. The first-order valence-corrected chi connectivity index (χ1v) is 12.1. The summed E-state index contributed by atoms with van der Waals surface area (Å²) in [7, 11) is 0. The van der Waals surface area contributed by atoms with Crippen LogP contribution in [0.3, 0.4) is 0 Å². The fourth-order valence-corrected chi connectivity index (χ4v) is 4.73. The molecule has 170 valence electrons. The van der Waals surface area contributed by atoms with E-state index in [-0.39, 0.29) is 24.0 Å². The molecule has 2 aliphatic rings. The van der Waals surface area contributed by atoms with Crippen LogP contribution in [0.1, 0.15) is 38.0 Å². The number of carbonyl (C=O) groups is 1. The van der Waals surface area contributed by atoms with E-state index in [1.54, 1.807) is 0 Å². The Morgan fingerprint density at radius 3 is 2.63 bits per heavy atom. The smallest absolute Gasteiger partial charge is 0.225 e. The maximum absolute atomic E-state index is 12.4. The van der Waals surface area contributed by atoms with Crippen molar-refractivity contribution >= 4 is 47.2 Å². The monoisotopic (exact) mass is 547 g/mol. The first kappa shape index (κ1) is 25.4. The molecule has 1 atom stereocenters. The van der Waals surface area contributed by atoms with Crippen molar-refractivity contribution < 1.29 is 4.79 Å². The Balaban J connectivity index is 0.00000320. The maximum Gasteiger partial charge on any atom is 0.225 e. The zero-order chi connectivity index (χ0) is 20.5. The van der Waals surface area contributed by atoms with Crippen LogP contribution in [0.4, 0.5) is 0 Å². The molecule has 1 unspecified atom stereocenters. The molecule has 2 fully saturated rings. The van der Waals surface area contributed by atoms with E-state index in [1.165, 1.54) is 11.3 Å². The zero-order valence-corrected chi connectivity index (χ0v) is 21.6. The number of rotatable bonds is 9. The zero-order valence-electron chi connectivity index (χ0n) is 18.4. The number of thiophene rings is 1. The lowest BCUT2D eigenvalue weighted by Crippen LogP contribution is -2.52. The number of hydrogen-bond acceptors (Lipinski definition) is 4. The molecule has 2 N–H and O–H groups in total. The minimum absolute atomic E-state index is 0. The third-order valence-electron chi connectivity index (χ3n) is 5.89. The summed E-state index contributed by atoms with van der Waals surface area (Å²) < 4.78 is 0. The van der Waals surface area contributed by atoms with Crippen LogP contribution in [-0.4, -0.2) is 74.0 Å². The van der Waals surface area contributed by atoms with E-state index in [4.69, 9.17) is 4.99 Å². The second kappa shape index (κ2) is 13.5. The number of amides is 1. The van der Waals surface area contributed by atoms with Gasteiger partial charge in [-0.2, -0.15) is 0 Å². The summed E-state index contributed by atoms with van der Waals surface area (Å²) in [6, 6.07) is 4.32. The van der Waals surface area contributed by atoms with Crippen molar-refractivity contribution in [1.82, 2.24) is 20.4 Å². The Hall–Kier alpha value is -0.870. The van der Waals surface area contributed by atoms with Crippen LogP contribution >= 0.6 is 35.3 Å². The number of aliphatic imine (C=N–C) groups is 1. The molecular formula is C22H38IN5OS. The van der Waals surface area contributed by atoms with Crippen molar-refractivity contribution in [2.45, 2.75) is 39.5 Å². The minimum Gasteiger partial charge on any atom is -0.357 e. The van der Waals surface area contributed by atoms with E-state index in [0.29, 0.717) is 17.7 Å². The Morgan fingerprint density at radius 2 is 2.03 bits per heavy atom. The second-order valence-corrected chi connectivity index (χ2v) is 9.36. The molecular weight excluding hydrogens is 509 g/mol. The molecule has 1 aliphatic carbocycles. The van der Waals surface area contributed by atoms with Gasteiger partial charge in [-0.15, -0.1) is 35.3 Å². The topological polar surface area (TPSA) is 60.0 Å². The van der Waals surface area contributed by atoms with Crippen LogP contribution < -0.4 is 10.6 Å². The van der Waals surface area contributed by atoms with Gasteiger partial charge in [0, 0.05) is 63.2 Å². The summed E-state index contributed by atoms with van der Waals surface area (Å²) >= 11 is 1.82. The van der Waals surface area contributed by atoms with Crippen molar-refractivity contribution in [2.75, 3.05) is 52.4 Å². The number of halogens is 1. The Labute approximate surface area is 202 Å². The average molecular weight is 548 g/mol. The average Bonchev–Trinajstić information content (AvgIpc) is 3.18. The summed E-state index contributed by atoms with van der Waals surface area (Å²) in [6.07, 6.45) is 4.51. The van der Waals surface area contributed by atoms with Gasteiger partial charge in [0.05, 0.1) is 0 Å². The number of piperazine rings is 1. The highest BCUT2D eigenvalue weighted by Crippen LogP contribution is 2.28. The summed E-state index contributed by atoms with van der Waals surface area (Å²) in [6.45, 7) is 11.6. The lowest BCUT2D eigenvalue weighted by atomic mass is 9.84. The number of carbonyl (C=O) groups excluding carboxylic acids is 1. The van der Waals surface area contributed by atoms with Crippen molar-refractivity contribution in [1.29, 1.82) is 0 Å². The van der Waals surface area contributed by atoms with Crippen LogP contribution in [-0.2, 0) is 11.2 Å². The van der Waals surface area contributed by atoms with Gasteiger partial charge in [0.25, 0.3) is 0 Å². The molecule has 30 heavy (non-hydrogen) atoms. The molecule has 0 aromatic carbocycles. The molecule has 1 saturated heterocycles. The SMILES string of the molecule is CCNC(=NCC(C)Cc1cccs1)NCCN1CCN(C(=O)C2CCC2)CC1.I. The number of guanidine groups is 1. The van der Waals surface area contributed by atoms with Gasteiger partial charge in [0.1, 0.15) is 0 Å². The normalized spacial score (nSPS) is 19.0. The summed E-state index contributed by atoms with van der Waals surface area (Å²) in [5.74, 6) is 2.16. The molecule has 3 rings (SSSR count). The van der Waals surface area contributed by atoms with E-state index in [0.717, 1.165) is 77.6 Å². The molecule has 1 aromatic heterocycles. The van der Waals surface area contributed by atoms with E-state index in [9.17, 15) is 4.79 Å². The minimum atomic E-state index is 0. The van der Waals surface area contributed by atoms with Gasteiger partial charge in [-0.1, -0.05) is 19.4 Å². The predicted molar refractivity (Wildman–Crippen MR) is 137 cm³/mol. The summed E-state index contributed by atoms with van der Waals surface area (Å²) in [4.78, 5) is 23.1. The van der Waals surface area contributed by atoms with E-state index >= 15 is 0 Å². The van der Waals surface area contributed by atoms with Gasteiger partial charge in [-0.3, -0.25) is 14.7 Å². The molecule has 0 radical (unpaired) electrons. The van der Waals surface area contributed by atoms with Gasteiger partial charge in [0.2, 0.25) is 5.91 Å². The van der Waals surface area contributed by atoms with Crippen molar-refractivity contribution in [3.05, 3.63) is 22.4 Å². The fourth-order valence-electron chi connectivity index (χ4n) is 3.86. The lowest BCUT2D eigenvalue weighted by molar-refractivity contribution is -0.139.